The molecule has 102 valence electrons. The van der Waals surface area contributed by atoms with Gasteiger partial charge in [-0.1, -0.05) is 6.92 Å². The van der Waals surface area contributed by atoms with Crippen LogP contribution in [0.1, 0.15) is 6.92 Å². The van der Waals surface area contributed by atoms with E-state index in [9.17, 15) is 4.79 Å². The van der Waals surface area contributed by atoms with Gasteiger partial charge in [0.1, 0.15) is 0 Å². The Morgan fingerprint density at radius 3 is 2.41 bits per heavy atom. The van der Waals surface area contributed by atoms with Gasteiger partial charge < -0.3 is 26.0 Å². The lowest BCUT2D eigenvalue weighted by Crippen LogP contribution is -2.38. The Labute approximate surface area is 104 Å². The number of hydrogen-bond donors (Lipinski definition) is 4. The van der Waals surface area contributed by atoms with Crippen molar-refractivity contribution < 1.29 is 9.53 Å². The molecule has 0 saturated heterocycles. The number of ether oxygens (including phenoxy) is 1. The monoisotopic (exact) mass is 246 g/mol. The van der Waals surface area contributed by atoms with E-state index >= 15 is 0 Å². The van der Waals surface area contributed by atoms with Crippen LogP contribution in [0.3, 0.4) is 0 Å². The Hall–Kier alpha value is -0.690. The van der Waals surface area contributed by atoms with Gasteiger partial charge in [-0.25, -0.2) is 0 Å². The number of nitrogens with one attached hydrogen (secondary N) is 4. The maximum absolute atomic E-state index is 11.2. The molecule has 0 bridgehead atoms. The van der Waals surface area contributed by atoms with E-state index in [1.54, 1.807) is 0 Å². The Morgan fingerprint density at radius 1 is 1.06 bits per heavy atom. The maximum Gasteiger partial charge on any atom is 0.234 e. The molecule has 0 radical (unpaired) electrons. The number of carbonyl (C=O) groups is 1. The molecule has 1 amide bonds. The average Bonchev–Trinajstić information content (AvgIpc) is 2.33. The van der Waals surface area contributed by atoms with Gasteiger partial charge in [0.15, 0.2) is 0 Å². The third-order valence-corrected chi connectivity index (χ3v) is 2.08. The molecule has 0 unspecified atom stereocenters. The fraction of sp³-hybridized carbons (Fsp3) is 0.909. The molecule has 0 saturated carbocycles. The van der Waals surface area contributed by atoms with Gasteiger partial charge in [0.05, 0.1) is 19.8 Å². The maximum atomic E-state index is 11.2. The second kappa shape index (κ2) is 13.4. The number of likely N-dealkylation sites (N-methyl/N-ethyl adjacent to an activating group) is 2. The summed E-state index contributed by atoms with van der Waals surface area (Å²) in [6.07, 6.45) is 0. The first-order valence-corrected chi connectivity index (χ1v) is 6.21. The summed E-state index contributed by atoms with van der Waals surface area (Å²) in [6.45, 7) is 7.75. The summed E-state index contributed by atoms with van der Waals surface area (Å²) < 4.78 is 5.35. The summed E-state index contributed by atoms with van der Waals surface area (Å²) in [5.41, 5.74) is 0. The third-order valence-electron chi connectivity index (χ3n) is 2.08. The standard InChI is InChI=1S/C11H26N4O2/c1-3-13-6-8-17-9-7-14-10-11(16)15-5-4-12-2/h12-14H,3-10H2,1-2H3,(H,15,16). The SMILES string of the molecule is CCNCCOCCNCC(=O)NCCNC. The van der Waals surface area contributed by atoms with Crippen LogP contribution in [0.15, 0.2) is 0 Å². The number of amides is 1. The summed E-state index contributed by atoms with van der Waals surface area (Å²) in [5, 5.41) is 11.9. The summed E-state index contributed by atoms with van der Waals surface area (Å²) in [6, 6.07) is 0. The minimum atomic E-state index is 0.0212. The van der Waals surface area contributed by atoms with E-state index < -0.39 is 0 Å². The highest BCUT2D eigenvalue weighted by Crippen LogP contribution is 1.72. The predicted molar refractivity (Wildman–Crippen MR) is 69.2 cm³/mol. The van der Waals surface area contributed by atoms with E-state index in [1.807, 2.05) is 7.05 Å². The molecular formula is C11H26N4O2. The van der Waals surface area contributed by atoms with Crippen LogP contribution in [-0.4, -0.2) is 65.4 Å². The molecule has 0 aromatic heterocycles. The Morgan fingerprint density at radius 2 is 1.76 bits per heavy atom. The van der Waals surface area contributed by atoms with Gasteiger partial charge in [0.2, 0.25) is 5.91 Å². The van der Waals surface area contributed by atoms with Crippen LogP contribution in [0.4, 0.5) is 0 Å². The molecule has 0 fully saturated rings. The lowest BCUT2D eigenvalue weighted by molar-refractivity contribution is -0.120. The highest BCUT2D eigenvalue weighted by Gasteiger charge is 1.98. The van der Waals surface area contributed by atoms with E-state index in [0.717, 1.165) is 19.6 Å². The van der Waals surface area contributed by atoms with E-state index in [1.165, 1.54) is 0 Å². The Bertz CT molecular complexity index is 179. The summed E-state index contributed by atoms with van der Waals surface area (Å²) >= 11 is 0. The molecule has 0 aliphatic heterocycles. The normalized spacial score (nSPS) is 10.5. The van der Waals surface area contributed by atoms with E-state index in [-0.39, 0.29) is 5.91 Å². The zero-order valence-electron chi connectivity index (χ0n) is 11.0. The zero-order valence-corrected chi connectivity index (χ0v) is 11.0. The minimum absolute atomic E-state index is 0.0212. The molecule has 0 rings (SSSR count). The summed E-state index contributed by atoms with van der Waals surface area (Å²) in [4.78, 5) is 11.2. The molecule has 4 N–H and O–H groups in total. The summed E-state index contributed by atoms with van der Waals surface area (Å²) in [7, 11) is 1.86. The number of rotatable bonds is 12. The van der Waals surface area contributed by atoms with Gasteiger partial charge in [0.25, 0.3) is 0 Å². The fourth-order valence-electron chi connectivity index (χ4n) is 1.16. The minimum Gasteiger partial charge on any atom is -0.379 e. The zero-order chi connectivity index (χ0) is 12.8. The number of hydrogen-bond acceptors (Lipinski definition) is 5. The molecule has 0 heterocycles. The Balaban J connectivity index is 3.08. The molecule has 6 nitrogen and oxygen atoms in total. The molecule has 17 heavy (non-hydrogen) atoms. The first-order chi connectivity index (χ1) is 8.31. The first-order valence-electron chi connectivity index (χ1n) is 6.21. The van der Waals surface area contributed by atoms with Crippen LogP contribution < -0.4 is 21.3 Å². The fourth-order valence-corrected chi connectivity index (χ4v) is 1.16. The van der Waals surface area contributed by atoms with Crippen LogP contribution in [0, 0.1) is 0 Å². The van der Waals surface area contributed by atoms with E-state index in [2.05, 4.69) is 28.2 Å². The lowest BCUT2D eigenvalue weighted by Gasteiger charge is -2.07. The van der Waals surface area contributed by atoms with Crippen molar-refractivity contribution in [2.75, 3.05) is 59.5 Å². The quantitative estimate of drug-likeness (QED) is 0.317. The smallest absolute Gasteiger partial charge is 0.234 e. The van der Waals surface area contributed by atoms with Crippen LogP contribution in [-0.2, 0) is 9.53 Å². The molecule has 0 atom stereocenters. The number of carbonyl (C=O) groups excluding carboxylic acids is 1. The van der Waals surface area contributed by atoms with Crippen molar-refractivity contribution in [1.29, 1.82) is 0 Å². The van der Waals surface area contributed by atoms with Crippen LogP contribution in [0.5, 0.6) is 0 Å². The molecule has 0 aromatic carbocycles. The Kier molecular flexibility index (Phi) is 12.8. The summed E-state index contributed by atoms with van der Waals surface area (Å²) in [5.74, 6) is 0.0212. The second-order valence-electron chi connectivity index (χ2n) is 3.60. The van der Waals surface area contributed by atoms with Crippen molar-refractivity contribution in [2.45, 2.75) is 6.92 Å². The second-order valence-corrected chi connectivity index (χ2v) is 3.60. The van der Waals surface area contributed by atoms with Gasteiger partial charge in [0, 0.05) is 26.2 Å². The van der Waals surface area contributed by atoms with Gasteiger partial charge in [-0.15, -0.1) is 0 Å². The van der Waals surface area contributed by atoms with Crippen molar-refractivity contribution in [3.63, 3.8) is 0 Å². The van der Waals surface area contributed by atoms with Gasteiger partial charge in [-0.3, -0.25) is 4.79 Å². The molecule has 0 aromatic rings. The highest BCUT2D eigenvalue weighted by molar-refractivity contribution is 5.77. The third kappa shape index (κ3) is 13.2. The van der Waals surface area contributed by atoms with Crippen molar-refractivity contribution >= 4 is 5.91 Å². The van der Waals surface area contributed by atoms with E-state index in [4.69, 9.17) is 4.74 Å². The largest absolute Gasteiger partial charge is 0.379 e. The topological polar surface area (TPSA) is 74.4 Å². The van der Waals surface area contributed by atoms with Crippen molar-refractivity contribution in [1.82, 2.24) is 21.3 Å². The molecule has 0 aliphatic carbocycles. The average molecular weight is 246 g/mol. The molecule has 6 heteroatoms. The molecule has 0 aliphatic rings. The molecule has 0 spiro atoms. The van der Waals surface area contributed by atoms with Crippen molar-refractivity contribution in [2.24, 2.45) is 0 Å². The lowest BCUT2D eigenvalue weighted by atomic mass is 10.5. The van der Waals surface area contributed by atoms with Crippen molar-refractivity contribution in [3.8, 4) is 0 Å². The van der Waals surface area contributed by atoms with Crippen LogP contribution >= 0.6 is 0 Å². The van der Waals surface area contributed by atoms with Gasteiger partial charge in [-0.2, -0.15) is 0 Å². The van der Waals surface area contributed by atoms with E-state index in [0.29, 0.717) is 32.8 Å². The van der Waals surface area contributed by atoms with Crippen LogP contribution in [0.25, 0.3) is 0 Å². The molecular weight excluding hydrogens is 220 g/mol. The van der Waals surface area contributed by atoms with Gasteiger partial charge in [-0.05, 0) is 13.6 Å². The first kappa shape index (κ1) is 16.3. The highest BCUT2D eigenvalue weighted by atomic mass is 16.5. The van der Waals surface area contributed by atoms with Crippen molar-refractivity contribution in [3.05, 3.63) is 0 Å². The van der Waals surface area contributed by atoms with Crippen LogP contribution in [0.2, 0.25) is 0 Å². The predicted octanol–water partition coefficient (Wildman–Crippen LogP) is -1.46. The van der Waals surface area contributed by atoms with Gasteiger partial charge >= 0.3 is 0 Å².